The average molecular weight is 600 g/mol. The number of piperazine rings is 1. The molecule has 4 amide bonds. The summed E-state index contributed by atoms with van der Waals surface area (Å²) in [5, 5.41) is 3.65. The molecule has 2 aliphatic rings. The van der Waals surface area contributed by atoms with Gasteiger partial charge in [0.25, 0.3) is 5.91 Å². The van der Waals surface area contributed by atoms with Gasteiger partial charge in [0.1, 0.15) is 29.2 Å². The second-order valence-electron chi connectivity index (χ2n) is 13.1. The lowest BCUT2D eigenvalue weighted by Crippen LogP contribution is -2.62. The molecular formula is C32H46FN5O5. The number of likely N-dealkylation sites (N-methyl/N-ethyl adjacent to an activating group) is 1. The van der Waals surface area contributed by atoms with Crippen molar-refractivity contribution in [3.05, 3.63) is 35.8 Å². The van der Waals surface area contributed by atoms with Gasteiger partial charge in [-0.15, -0.1) is 0 Å². The van der Waals surface area contributed by atoms with Gasteiger partial charge in [-0.2, -0.15) is 0 Å². The summed E-state index contributed by atoms with van der Waals surface area (Å²) >= 11 is 0. The molecule has 2 aromatic rings. The highest BCUT2D eigenvalue weighted by Gasteiger charge is 2.39. The largest absolute Gasteiger partial charge is 0.444 e. The van der Waals surface area contributed by atoms with Gasteiger partial charge in [0, 0.05) is 50.7 Å². The van der Waals surface area contributed by atoms with Crippen molar-refractivity contribution in [2.75, 3.05) is 26.7 Å². The molecule has 1 N–H and O–H groups in total. The van der Waals surface area contributed by atoms with E-state index in [4.69, 9.17) is 4.74 Å². The van der Waals surface area contributed by atoms with Gasteiger partial charge in [-0.3, -0.25) is 19.3 Å². The zero-order valence-electron chi connectivity index (χ0n) is 26.5. The fourth-order valence-electron chi connectivity index (χ4n) is 6.13. The van der Waals surface area contributed by atoms with Gasteiger partial charge in [-0.25, -0.2) is 9.18 Å². The van der Waals surface area contributed by atoms with Gasteiger partial charge < -0.3 is 24.4 Å². The summed E-state index contributed by atoms with van der Waals surface area (Å²) in [6, 6.07) is 4.31. The smallest absolute Gasteiger partial charge is 0.410 e. The van der Waals surface area contributed by atoms with Crippen LogP contribution in [0.4, 0.5) is 9.18 Å². The first-order valence-corrected chi connectivity index (χ1v) is 15.3. The van der Waals surface area contributed by atoms with Gasteiger partial charge >= 0.3 is 6.09 Å². The third kappa shape index (κ3) is 7.30. The molecule has 0 radical (unpaired) electrons. The van der Waals surface area contributed by atoms with Crippen LogP contribution in [0.25, 0.3) is 10.9 Å². The Balaban J connectivity index is 1.46. The third-order valence-electron chi connectivity index (χ3n) is 8.75. The summed E-state index contributed by atoms with van der Waals surface area (Å²) < 4.78 is 21.0. The second kappa shape index (κ2) is 12.9. The van der Waals surface area contributed by atoms with Crippen LogP contribution in [-0.2, 0) is 21.4 Å². The highest BCUT2D eigenvalue weighted by molar-refractivity contribution is 5.99. The number of fused-ring (bicyclic) bond motifs is 1. The summed E-state index contributed by atoms with van der Waals surface area (Å²) in [5.41, 5.74) is 0.528. The molecule has 43 heavy (non-hydrogen) atoms. The van der Waals surface area contributed by atoms with Crippen LogP contribution in [-0.4, -0.2) is 93.5 Å². The van der Waals surface area contributed by atoms with Crippen molar-refractivity contribution in [1.82, 2.24) is 24.6 Å². The van der Waals surface area contributed by atoms with E-state index in [2.05, 4.69) is 5.32 Å². The Labute approximate surface area is 253 Å². The SMILES string of the molecule is C[C@@H]1CN(C(=O)c2cc3cc(F)ccc3n2C)CCN1C(=O)[C@@H](NC(=O)[C@H](C)N(C)C(=O)OC(C)(C)C)C1CCCCC1. The van der Waals surface area contributed by atoms with Gasteiger partial charge in [-0.1, -0.05) is 19.3 Å². The monoisotopic (exact) mass is 599 g/mol. The van der Waals surface area contributed by atoms with E-state index >= 15 is 0 Å². The lowest BCUT2D eigenvalue weighted by Gasteiger charge is -2.43. The van der Waals surface area contributed by atoms with Crippen molar-refractivity contribution in [2.45, 2.75) is 90.4 Å². The molecule has 236 valence electrons. The number of nitrogens with zero attached hydrogens (tertiary/aromatic N) is 4. The zero-order valence-corrected chi connectivity index (χ0v) is 26.5. The number of ether oxygens (including phenoxy) is 1. The molecule has 1 aromatic heterocycles. The van der Waals surface area contributed by atoms with Crippen LogP contribution in [0.3, 0.4) is 0 Å². The van der Waals surface area contributed by atoms with E-state index in [1.165, 1.54) is 24.1 Å². The van der Waals surface area contributed by atoms with Crippen molar-refractivity contribution in [1.29, 1.82) is 0 Å². The Bertz CT molecular complexity index is 1360. The minimum atomic E-state index is -0.838. The predicted octanol–water partition coefficient (Wildman–Crippen LogP) is 4.31. The highest BCUT2D eigenvalue weighted by Crippen LogP contribution is 2.29. The number of hydrogen-bond donors (Lipinski definition) is 1. The van der Waals surface area contributed by atoms with Gasteiger partial charge in [0.2, 0.25) is 11.8 Å². The zero-order chi connectivity index (χ0) is 31.6. The number of rotatable bonds is 6. The Morgan fingerprint density at radius 3 is 2.37 bits per heavy atom. The topological polar surface area (TPSA) is 104 Å². The highest BCUT2D eigenvalue weighted by atomic mass is 19.1. The number of aryl methyl sites for hydroxylation is 1. The lowest BCUT2D eigenvalue weighted by atomic mass is 9.83. The molecule has 1 saturated heterocycles. The second-order valence-corrected chi connectivity index (χ2v) is 13.1. The summed E-state index contributed by atoms with van der Waals surface area (Å²) in [7, 11) is 3.30. The van der Waals surface area contributed by atoms with Crippen LogP contribution in [0.15, 0.2) is 24.3 Å². The number of amides is 4. The van der Waals surface area contributed by atoms with Crippen molar-refractivity contribution in [3.63, 3.8) is 0 Å². The quantitative estimate of drug-likeness (QED) is 0.533. The van der Waals surface area contributed by atoms with E-state index < -0.39 is 29.7 Å². The fourth-order valence-corrected chi connectivity index (χ4v) is 6.13. The van der Waals surface area contributed by atoms with E-state index in [1.54, 1.807) is 61.2 Å². The van der Waals surface area contributed by atoms with Gasteiger partial charge in [0.15, 0.2) is 0 Å². The molecule has 1 aliphatic heterocycles. The maximum Gasteiger partial charge on any atom is 0.410 e. The van der Waals surface area contributed by atoms with Crippen molar-refractivity contribution < 1.29 is 28.3 Å². The molecule has 3 atom stereocenters. The van der Waals surface area contributed by atoms with E-state index in [0.29, 0.717) is 30.7 Å². The summed E-state index contributed by atoms with van der Waals surface area (Å²) in [5.74, 6) is -1.11. The summed E-state index contributed by atoms with van der Waals surface area (Å²) in [6.45, 7) is 9.83. The number of carbonyl (C=O) groups is 4. The molecule has 1 aromatic carbocycles. The molecule has 4 rings (SSSR count). The third-order valence-corrected chi connectivity index (χ3v) is 8.75. The van der Waals surface area contributed by atoms with E-state index in [0.717, 1.165) is 37.6 Å². The van der Waals surface area contributed by atoms with Crippen LogP contribution >= 0.6 is 0 Å². The van der Waals surface area contributed by atoms with Crippen molar-refractivity contribution in [2.24, 2.45) is 13.0 Å². The van der Waals surface area contributed by atoms with Crippen LogP contribution < -0.4 is 5.32 Å². The molecule has 1 aliphatic carbocycles. The first-order valence-electron chi connectivity index (χ1n) is 15.3. The van der Waals surface area contributed by atoms with E-state index in [-0.39, 0.29) is 29.6 Å². The van der Waals surface area contributed by atoms with E-state index in [1.807, 2.05) is 6.92 Å². The lowest BCUT2D eigenvalue weighted by molar-refractivity contribution is -0.142. The Hall–Kier alpha value is -3.63. The number of carbonyl (C=O) groups excluding carboxylic acids is 4. The molecule has 2 heterocycles. The van der Waals surface area contributed by atoms with Crippen molar-refractivity contribution >= 4 is 34.7 Å². The van der Waals surface area contributed by atoms with Crippen LogP contribution in [0.5, 0.6) is 0 Å². The van der Waals surface area contributed by atoms with Crippen LogP contribution in [0.1, 0.15) is 77.2 Å². The number of nitrogens with one attached hydrogen (secondary N) is 1. The number of halogens is 1. The molecule has 10 nitrogen and oxygen atoms in total. The Morgan fingerprint density at radius 2 is 1.74 bits per heavy atom. The Kier molecular flexibility index (Phi) is 9.71. The minimum Gasteiger partial charge on any atom is -0.444 e. The van der Waals surface area contributed by atoms with Crippen LogP contribution in [0.2, 0.25) is 0 Å². The maximum atomic E-state index is 14.1. The normalized spacial score (nSPS) is 19.6. The molecular weight excluding hydrogens is 553 g/mol. The number of aromatic nitrogens is 1. The number of benzene rings is 1. The molecule has 2 fully saturated rings. The molecule has 1 saturated carbocycles. The van der Waals surface area contributed by atoms with Gasteiger partial charge in [-0.05, 0) is 77.6 Å². The summed E-state index contributed by atoms with van der Waals surface area (Å²) in [6.07, 6.45) is 4.14. The predicted molar refractivity (Wildman–Crippen MR) is 162 cm³/mol. The molecule has 11 heteroatoms. The molecule has 0 unspecified atom stereocenters. The average Bonchev–Trinajstić information content (AvgIpc) is 3.28. The fraction of sp³-hybridized carbons (Fsp3) is 0.625. The first kappa shape index (κ1) is 32.3. The first-order chi connectivity index (χ1) is 20.2. The standard InChI is InChI=1S/C32H46FN5O5/c1-20-19-37(29(40)26-18-23-17-24(33)13-14-25(23)36(26)7)15-16-38(20)30(41)27(22-11-9-8-10-12-22)34-28(39)21(2)35(6)31(42)43-32(3,4)5/h13-14,17-18,20-22,27H,8-12,15-16,19H2,1-7H3,(H,34,39)/t20-,21+,27+/m1/s1. The van der Waals surface area contributed by atoms with Gasteiger partial charge in [0.05, 0.1) is 0 Å². The molecule has 0 bridgehead atoms. The summed E-state index contributed by atoms with van der Waals surface area (Å²) in [4.78, 5) is 58.3. The minimum absolute atomic E-state index is 0.00714. The van der Waals surface area contributed by atoms with E-state index in [9.17, 15) is 23.6 Å². The van der Waals surface area contributed by atoms with Crippen molar-refractivity contribution in [3.8, 4) is 0 Å². The number of hydrogen-bond acceptors (Lipinski definition) is 5. The maximum absolute atomic E-state index is 14.1. The molecule has 0 spiro atoms. The Morgan fingerprint density at radius 1 is 1.07 bits per heavy atom. The van der Waals surface area contributed by atoms with Crippen LogP contribution in [0, 0.1) is 11.7 Å².